The lowest BCUT2D eigenvalue weighted by atomic mass is 9.84. The number of carbonyl (C=O) groups excluding carboxylic acids is 2. The Labute approximate surface area is 243 Å². The van der Waals surface area contributed by atoms with Crippen LogP contribution in [0.25, 0.3) is 0 Å². The Kier molecular flexibility index (Phi) is 12.4. The van der Waals surface area contributed by atoms with E-state index in [4.69, 9.17) is 14.2 Å². The smallest absolute Gasteiger partial charge is 0.407 e. The van der Waals surface area contributed by atoms with Gasteiger partial charge >= 0.3 is 12.1 Å². The van der Waals surface area contributed by atoms with Gasteiger partial charge in [0.1, 0.15) is 17.6 Å². The molecule has 0 spiro atoms. The summed E-state index contributed by atoms with van der Waals surface area (Å²) in [6, 6.07) is 18.5. The molecule has 2 unspecified atom stereocenters. The lowest BCUT2D eigenvalue weighted by molar-refractivity contribution is -0.198. The highest BCUT2D eigenvalue weighted by Gasteiger charge is 2.41. The predicted molar refractivity (Wildman–Crippen MR) is 156 cm³/mol. The number of hydrogen-bond donors (Lipinski definition) is 2. The Balaban J connectivity index is 1.86. The number of carboxylic acid groups (broad SMARTS) is 1. The lowest BCUT2D eigenvalue weighted by Crippen LogP contribution is -2.54. The number of nitrogens with one attached hydrogen (secondary N) is 1. The number of benzene rings is 2. The van der Waals surface area contributed by atoms with Gasteiger partial charge in [-0.25, -0.2) is 4.79 Å². The molecule has 1 amide bonds. The third kappa shape index (κ3) is 11.3. The van der Waals surface area contributed by atoms with E-state index >= 15 is 0 Å². The average molecular weight is 568 g/mol. The van der Waals surface area contributed by atoms with Crippen LogP contribution in [-0.4, -0.2) is 53.6 Å². The van der Waals surface area contributed by atoms with E-state index in [1.165, 1.54) is 0 Å². The molecule has 1 aliphatic rings. The average Bonchev–Trinajstić information content (AvgIpc) is 2.93. The van der Waals surface area contributed by atoms with E-state index in [0.717, 1.165) is 36.8 Å². The molecule has 2 N–H and O–H groups in total. The van der Waals surface area contributed by atoms with Crippen LogP contribution in [0.2, 0.25) is 0 Å². The second-order valence-electron chi connectivity index (χ2n) is 12.0. The number of rotatable bonds is 14. The van der Waals surface area contributed by atoms with Crippen molar-refractivity contribution in [2.24, 2.45) is 11.8 Å². The summed E-state index contributed by atoms with van der Waals surface area (Å²) in [7, 11) is 0. The third-order valence-corrected chi connectivity index (χ3v) is 7.13. The zero-order valence-electron chi connectivity index (χ0n) is 24.7. The molecular formula is C33H45NO7. The fourth-order valence-corrected chi connectivity index (χ4v) is 5.02. The first-order valence-corrected chi connectivity index (χ1v) is 14.6. The minimum Gasteiger partial charge on any atom is -0.481 e. The molecule has 41 heavy (non-hydrogen) atoms. The molecular weight excluding hydrogens is 522 g/mol. The van der Waals surface area contributed by atoms with Crippen LogP contribution in [0.1, 0.15) is 70.9 Å². The molecule has 1 saturated heterocycles. The van der Waals surface area contributed by atoms with Crippen molar-refractivity contribution < 1.29 is 33.7 Å². The van der Waals surface area contributed by atoms with Crippen LogP contribution >= 0.6 is 0 Å². The quantitative estimate of drug-likeness (QED) is 0.271. The molecule has 0 radical (unpaired) electrons. The summed E-state index contributed by atoms with van der Waals surface area (Å²) in [5.74, 6) is -3.10. The van der Waals surface area contributed by atoms with Crippen LogP contribution < -0.4 is 5.32 Å². The first-order valence-electron chi connectivity index (χ1n) is 14.6. The van der Waals surface area contributed by atoms with Crippen LogP contribution in [0.15, 0.2) is 60.7 Å². The number of aryl methyl sites for hydroxylation is 1. The van der Waals surface area contributed by atoms with Crippen LogP contribution in [-0.2, 0) is 36.6 Å². The van der Waals surface area contributed by atoms with Gasteiger partial charge in [-0.1, -0.05) is 67.6 Å². The molecule has 8 nitrogen and oxygen atoms in total. The van der Waals surface area contributed by atoms with Gasteiger partial charge in [0.25, 0.3) is 0 Å². The number of carboxylic acids is 1. The Hall–Kier alpha value is -3.23. The van der Waals surface area contributed by atoms with Gasteiger partial charge in [-0.15, -0.1) is 0 Å². The van der Waals surface area contributed by atoms with E-state index in [1.54, 1.807) is 20.8 Å². The van der Waals surface area contributed by atoms with E-state index in [2.05, 4.69) is 5.32 Å². The van der Waals surface area contributed by atoms with Crippen molar-refractivity contribution in [2.45, 2.75) is 96.7 Å². The summed E-state index contributed by atoms with van der Waals surface area (Å²) in [5.41, 5.74) is 1.27. The topological polar surface area (TPSA) is 111 Å². The number of aliphatic carboxylic acids is 1. The second kappa shape index (κ2) is 15.7. The molecule has 1 aliphatic heterocycles. The first-order chi connectivity index (χ1) is 19.5. The monoisotopic (exact) mass is 567 g/mol. The minimum atomic E-state index is -1.30. The summed E-state index contributed by atoms with van der Waals surface area (Å²) in [4.78, 5) is 39.6. The van der Waals surface area contributed by atoms with Crippen LogP contribution in [0.3, 0.4) is 0 Å². The van der Waals surface area contributed by atoms with Crippen molar-refractivity contribution in [3.63, 3.8) is 0 Å². The molecule has 1 heterocycles. The Morgan fingerprint density at radius 1 is 1.00 bits per heavy atom. The van der Waals surface area contributed by atoms with Gasteiger partial charge in [0.05, 0.1) is 6.04 Å². The van der Waals surface area contributed by atoms with E-state index < -0.39 is 47.8 Å². The minimum absolute atomic E-state index is 0.0294. The van der Waals surface area contributed by atoms with Gasteiger partial charge in [0.2, 0.25) is 0 Å². The second-order valence-corrected chi connectivity index (χ2v) is 12.0. The van der Waals surface area contributed by atoms with Crippen molar-refractivity contribution in [3.05, 3.63) is 71.8 Å². The third-order valence-electron chi connectivity index (χ3n) is 7.13. The van der Waals surface area contributed by atoms with Gasteiger partial charge in [-0.3, -0.25) is 9.59 Å². The molecule has 224 valence electrons. The van der Waals surface area contributed by atoms with Crippen LogP contribution in [0, 0.1) is 11.8 Å². The van der Waals surface area contributed by atoms with Crippen molar-refractivity contribution in [1.29, 1.82) is 0 Å². The maximum Gasteiger partial charge on any atom is 0.407 e. The van der Waals surface area contributed by atoms with Gasteiger partial charge in [-0.05, 0) is 82.8 Å². The van der Waals surface area contributed by atoms with E-state index in [0.29, 0.717) is 13.0 Å². The summed E-state index contributed by atoms with van der Waals surface area (Å²) >= 11 is 0. The fourth-order valence-electron chi connectivity index (χ4n) is 5.02. The zero-order valence-corrected chi connectivity index (χ0v) is 24.7. The Bertz CT molecular complexity index is 1090. The van der Waals surface area contributed by atoms with E-state index in [1.807, 2.05) is 67.6 Å². The lowest BCUT2D eigenvalue weighted by Gasteiger charge is -2.34. The Morgan fingerprint density at radius 2 is 1.63 bits per heavy atom. The fraction of sp³-hybridized carbons (Fsp3) is 0.545. The molecule has 8 heteroatoms. The molecule has 3 rings (SSSR count). The first kappa shape index (κ1) is 32.3. The maximum atomic E-state index is 14.1. The number of ether oxygens (including phenoxy) is 3. The predicted octanol–water partition coefficient (Wildman–Crippen LogP) is 5.96. The molecule has 0 aliphatic carbocycles. The highest BCUT2D eigenvalue weighted by atomic mass is 16.7. The van der Waals surface area contributed by atoms with Crippen molar-refractivity contribution in [3.8, 4) is 0 Å². The summed E-state index contributed by atoms with van der Waals surface area (Å²) in [5, 5.41) is 13.1. The number of carbonyl (C=O) groups is 3. The van der Waals surface area contributed by atoms with Gasteiger partial charge in [0, 0.05) is 6.61 Å². The van der Waals surface area contributed by atoms with Crippen molar-refractivity contribution in [2.75, 3.05) is 6.61 Å². The molecule has 0 saturated carbocycles. The van der Waals surface area contributed by atoms with Crippen molar-refractivity contribution in [1.82, 2.24) is 5.32 Å². The van der Waals surface area contributed by atoms with Crippen molar-refractivity contribution >= 4 is 17.8 Å². The summed E-state index contributed by atoms with van der Waals surface area (Å²) in [6.07, 6.45) is 1.67. The normalized spacial score (nSPS) is 18.5. The molecule has 0 aromatic heterocycles. The molecule has 5 atom stereocenters. The largest absolute Gasteiger partial charge is 0.481 e. The molecule has 0 bridgehead atoms. The van der Waals surface area contributed by atoms with Gasteiger partial charge < -0.3 is 24.6 Å². The van der Waals surface area contributed by atoms with Gasteiger partial charge in [-0.2, -0.15) is 0 Å². The number of ketones is 1. The van der Waals surface area contributed by atoms with E-state index in [9.17, 15) is 19.5 Å². The number of alkyl carbamates (subject to hydrolysis) is 1. The van der Waals surface area contributed by atoms with Crippen LogP contribution in [0.5, 0.6) is 0 Å². The SMILES string of the molecule is CC(CCc1ccccc1)C[C@H](C(=O)O)C(=O)[C@@H](OC1CCCCO1)[C@@H](Cc1ccccc1)NC(=O)OC(C)(C)C. The van der Waals surface area contributed by atoms with E-state index in [-0.39, 0.29) is 18.8 Å². The molecule has 2 aromatic carbocycles. The maximum absolute atomic E-state index is 14.1. The van der Waals surface area contributed by atoms with Gasteiger partial charge in [0.15, 0.2) is 12.1 Å². The summed E-state index contributed by atoms with van der Waals surface area (Å²) < 4.78 is 17.6. The zero-order chi connectivity index (χ0) is 29.8. The highest BCUT2D eigenvalue weighted by molar-refractivity contribution is 6.01. The standard InChI is InChI=1S/C33H45NO7/c1-23(18-19-24-13-7-5-8-14-24)21-26(31(36)37)29(35)30(40-28-17-11-12-20-39-28)27(22-25-15-9-6-10-16-25)34-32(38)41-33(2,3)4/h5-10,13-16,23,26-28,30H,11-12,17-22H2,1-4H3,(H,34,38)(H,36,37)/t23?,26-,27+,28?,30-/m0/s1. The Morgan fingerprint density at radius 3 is 2.20 bits per heavy atom. The highest BCUT2D eigenvalue weighted by Crippen LogP contribution is 2.26. The number of Topliss-reactive ketones (excluding diaryl/α,β-unsaturated/α-hetero) is 1. The molecule has 2 aromatic rings. The number of hydrogen-bond acceptors (Lipinski definition) is 6. The molecule has 1 fully saturated rings. The number of amides is 1. The van der Waals surface area contributed by atoms with Crippen LogP contribution in [0.4, 0.5) is 4.79 Å². The summed E-state index contributed by atoms with van der Waals surface area (Å²) in [6.45, 7) is 7.72.